The number of nitriles is 1. The largest absolute Gasteiger partial charge is 0.390 e. The van der Waals surface area contributed by atoms with Crippen molar-refractivity contribution >= 4 is 5.91 Å². The molecule has 3 unspecified atom stereocenters. The summed E-state index contributed by atoms with van der Waals surface area (Å²) in [5, 5.41) is 20.2. The number of nitrogens with two attached hydrogens (primary N) is 1. The third kappa shape index (κ3) is 1.88. The molecule has 0 radical (unpaired) electrons. The van der Waals surface area contributed by atoms with Gasteiger partial charge in [-0.3, -0.25) is 4.79 Å². The van der Waals surface area contributed by atoms with Gasteiger partial charge in [0, 0.05) is 6.04 Å². The molecular formula is C18H25N3O2. The quantitative estimate of drug-likeness (QED) is 0.800. The summed E-state index contributed by atoms with van der Waals surface area (Å²) in [5.41, 5.74) is 5.71. The topological polar surface area (TPSA) is 90.4 Å². The lowest BCUT2D eigenvalue weighted by atomic mass is 9.46. The molecule has 4 bridgehead atoms. The number of likely N-dealkylation sites (tertiary alicyclic amines) is 1. The third-order valence-corrected chi connectivity index (χ3v) is 7.51. The Labute approximate surface area is 136 Å². The fraction of sp³-hybridized carbons (Fsp3) is 0.889. The van der Waals surface area contributed by atoms with Crippen molar-refractivity contribution < 1.29 is 9.90 Å². The van der Waals surface area contributed by atoms with E-state index in [1.807, 2.05) is 0 Å². The maximum Gasteiger partial charge on any atom is 0.241 e. The third-order valence-electron chi connectivity index (χ3n) is 7.51. The van der Waals surface area contributed by atoms with Crippen molar-refractivity contribution in [1.82, 2.24) is 4.90 Å². The van der Waals surface area contributed by atoms with Crippen LogP contribution in [-0.4, -0.2) is 39.6 Å². The van der Waals surface area contributed by atoms with Gasteiger partial charge in [-0.15, -0.1) is 0 Å². The van der Waals surface area contributed by atoms with Crippen molar-refractivity contribution in [2.75, 3.05) is 0 Å². The van der Waals surface area contributed by atoms with Crippen LogP contribution >= 0.6 is 0 Å². The van der Waals surface area contributed by atoms with Crippen molar-refractivity contribution in [1.29, 1.82) is 5.26 Å². The lowest BCUT2D eigenvalue weighted by molar-refractivity contribution is -0.177. The van der Waals surface area contributed by atoms with Crippen LogP contribution in [0.25, 0.3) is 0 Å². The van der Waals surface area contributed by atoms with Crippen LogP contribution in [0.15, 0.2) is 0 Å². The molecule has 6 fully saturated rings. The highest BCUT2D eigenvalue weighted by molar-refractivity contribution is 5.84. The first-order chi connectivity index (χ1) is 10.9. The Balaban J connectivity index is 1.43. The Hall–Kier alpha value is -1.12. The number of amides is 1. The molecule has 6 rings (SSSR count). The number of aliphatic hydroxyl groups is 1. The fourth-order valence-electron chi connectivity index (χ4n) is 6.96. The van der Waals surface area contributed by atoms with E-state index >= 15 is 0 Å². The Bertz CT molecular complexity index is 598. The summed E-state index contributed by atoms with van der Waals surface area (Å²) in [4.78, 5) is 14.9. The molecule has 0 aromatic carbocycles. The molecule has 5 nitrogen and oxygen atoms in total. The second-order valence-corrected chi connectivity index (χ2v) is 9.21. The molecule has 5 saturated carbocycles. The summed E-state index contributed by atoms with van der Waals surface area (Å²) < 4.78 is 0. The molecule has 0 aromatic rings. The van der Waals surface area contributed by atoms with Crippen LogP contribution in [0.4, 0.5) is 0 Å². The van der Waals surface area contributed by atoms with E-state index in [9.17, 15) is 15.2 Å². The van der Waals surface area contributed by atoms with Crippen LogP contribution in [0.5, 0.6) is 0 Å². The number of rotatable bonds is 2. The van der Waals surface area contributed by atoms with Gasteiger partial charge in [0.25, 0.3) is 0 Å². The van der Waals surface area contributed by atoms with E-state index in [2.05, 4.69) is 6.07 Å². The first-order valence-electron chi connectivity index (χ1n) is 9.13. The molecule has 6 atom stereocenters. The highest BCUT2D eigenvalue weighted by atomic mass is 16.3. The lowest BCUT2D eigenvalue weighted by Gasteiger charge is -2.61. The SMILES string of the molecule is N#C[C@@H]1C[C@H]2C[C@@H]2N1C(=O)C(N)C12CC3CC(CC(O)(C3)C1)C2. The molecule has 1 amide bonds. The first-order valence-corrected chi connectivity index (χ1v) is 9.13. The average Bonchev–Trinajstić information content (AvgIpc) is 3.14. The van der Waals surface area contributed by atoms with Gasteiger partial charge in [0.2, 0.25) is 5.91 Å². The number of hydrogen-bond donors (Lipinski definition) is 2. The predicted octanol–water partition coefficient (Wildman–Crippen LogP) is 1.16. The zero-order valence-corrected chi connectivity index (χ0v) is 13.4. The zero-order valence-electron chi connectivity index (χ0n) is 13.4. The fourth-order valence-corrected chi connectivity index (χ4v) is 6.96. The highest BCUT2D eigenvalue weighted by Crippen LogP contribution is 2.63. The van der Waals surface area contributed by atoms with Gasteiger partial charge in [0.1, 0.15) is 6.04 Å². The standard InChI is InChI=1S/C18H25N3O2/c19-8-13-2-12-3-14(12)21(13)16(22)15(20)17-4-10-1-11(5-17)7-18(23,6-10)9-17/h10-15,23H,1-7,9,20H2/t10?,11?,12-,13-,14-,15?,17?,18?/m0/s1. The van der Waals surface area contributed by atoms with E-state index in [0.29, 0.717) is 24.2 Å². The Morgan fingerprint density at radius 2 is 1.91 bits per heavy atom. The van der Waals surface area contributed by atoms with Crippen molar-refractivity contribution in [3.63, 3.8) is 0 Å². The van der Waals surface area contributed by atoms with E-state index in [-0.39, 0.29) is 23.4 Å². The Morgan fingerprint density at radius 1 is 1.22 bits per heavy atom. The van der Waals surface area contributed by atoms with Crippen LogP contribution in [0, 0.1) is 34.5 Å². The van der Waals surface area contributed by atoms with Gasteiger partial charge < -0.3 is 15.7 Å². The summed E-state index contributed by atoms with van der Waals surface area (Å²) in [6.45, 7) is 0. The first kappa shape index (κ1) is 14.2. The molecule has 5 aliphatic carbocycles. The van der Waals surface area contributed by atoms with Crippen molar-refractivity contribution in [3.05, 3.63) is 0 Å². The molecule has 1 aliphatic heterocycles. The van der Waals surface area contributed by atoms with Crippen LogP contribution in [0.1, 0.15) is 51.4 Å². The van der Waals surface area contributed by atoms with Gasteiger partial charge in [-0.1, -0.05) is 0 Å². The van der Waals surface area contributed by atoms with Gasteiger partial charge in [0.05, 0.1) is 17.7 Å². The van der Waals surface area contributed by atoms with Crippen molar-refractivity contribution in [3.8, 4) is 6.07 Å². The molecule has 5 heteroatoms. The number of piperidine rings is 1. The normalized spacial score (nSPS) is 53.8. The summed E-state index contributed by atoms with van der Waals surface area (Å²) in [6.07, 6.45) is 7.48. The molecular weight excluding hydrogens is 290 g/mol. The monoisotopic (exact) mass is 315 g/mol. The molecule has 124 valence electrons. The highest BCUT2D eigenvalue weighted by Gasteiger charge is 2.62. The van der Waals surface area contributed by atoms with Gasteiger partial charge >= 0.3 is 0 Å². The summed E-state index contributed by atoms with van der Waals surface area (Å²) in [6, 6.07) is 1.72. The number of carbonyl (C=O) groups is 1. The Morgan fingerprint density at radius 3 is 2.52 bits per heavy atom. The summed E-state index contributed by atoms with van der Waals surface area (Å²) in [7, 11) is 0. The van der Waals surface area contributed by atoms with E-state index in [1.165, 1.54) is 6.42 Å². The average molecular weight is 315 g/mol. The zero-order chi connectivity index (χ0) is 16.0. The molecule has 0 spiro atoms. The maximum absolute atomic E-state index is 13.1. The second kappa shape index (κ2) is 4.29. The van der Waals surface area contributed by atoms with Gasteiger partial charge in [-0.25, -0.2) is 0 Å². The van der Waals surface area contributed by atoms with Gasteiger partial charge in [-0.2, -0.15) is 5.26 Å². The minimum Gasteiger partial charge on any atom is -0.390 e. The maximum atomic E-state index is 13.1. The van der Waals surface area contributed by atoms with Gasteiger partial charge in [-0.05, 0) is 74.5 Å². The second-order valence-electron chi connectivity index (χ2n) is 9.21. The van der Waals surface area contributed by atoms with Crippen LogP contribution < -0.4 is 5.73 Å². The number of hydrogen-bond acceptors (Lipinski definition) is 4. The smallest absolute Gasteiger partial charge is 0.241 e. The van der Waals surface area contributed by atoms with E-state index in [4.69, 9.17) is 5.73 Å². The molecule has 1 saturated heterocycles. The number of fused-ring (bicyclic) bond motifs is 1. The molecule has 0 aromatic heterocycles. The van der Waals surface area contributed by atoms with E-state index in [0.717, 1.165) is 38.5 Å². The summed E-state index contributed by atoms with van der Waals surface area (Å²) in [5.74, 6) is 1.56. The van der Waals surface area contributed by atoms with Crippen LogP contribution in [0.3, 0.4) is 0 Å². The van der Waals surface area contributed by atoms with Gasteiger partial charge in [0.15, 0.2) is 0 Å². The lowest BCUT2D eigenvalue weighted by Crippen LogP contribution is -2.64. The van der Waals surface area contributed by atoms with E-state index < -0.39 is 11.6 Å². The molecule has 3 N–H and O–H groups in total. The minimum absolute atomic E-state index is 0.0212. The minimum atomic E-state index is -0.594. The van der Waals surface area contributed by atoms with Crippen molar-refractivity contribution in [2.45, 2.75) is 75.1 Å². The van der Waals surface area contributed by atoms with Crippen LogP contribution in [0.2, 0.25) is 0 Å². The van der Waals surface area contributed by atoms with Crippen LogP contribution in [-0.2, 0) is 4.79 Å². The molecule has 6 aliphatic rings. The number of carbonyl (C=O) groups excluding carboxylic acids is 1. The molecule has 23 heavy (non-hydrogen) atoms. The van der Waals surface area contributed by atoms with Crippen molar-refractivity contribution in [2.24, 2.45) is 28.9 Å². The van der Waals surface area contributed by atoms with E-state index in [1.54, 1.807) is 4.90 Å². The summed E-state index contributed by atoms with van der Waals surface area (Å²) >= 11 is 0. The number of nitrogens with zero attached hydrogens (tertiary/aromatic N) is 2. The Kier molecular flexibility index (Phi) is 2.65. The predicted molar refractivity (Wildman–Crippen MR) is 82.8 cm³/mol. The molecule has 1 heterocycles.